The van der Waals surface area contributed by atoms with Gasteiger partial charge in [-0.05, 0) is 24.6 Å². The van der Waals surface area contributed by atoms with Crippen LogP contribution in [-0.2, 0) is 12.6 Å². The van der Waals surface area contributed by atoms with Gasteiger partial charge in [-0.1, -0.05) is 17.7 Å². The number of hydrogen-bond acceptors (Lipinski definition) is 3. The summed E-state index contributed by atoms with van der Waals surface area (Å²) >= 11 is 6.83. The Morgan fingerprint density at radius 2 is 2.05 bits per heavy atom. The second-order valence-corrected chi connectivity index (χ2v) is 5.59. The van der Waals surface area contributed by atoms with E-state index in [1.165, 1.54) is 23.5 Å². The summed E-state index contributed by atoms with van der Waals surface area (Å²) in [5.74, 6) is 0. The normalized spacial score (nSPS) is 11.8. The molecule has 0 amide bonds. The average Bonchev–Trinajstić information content (AvgIpc) is 2.58. The number of aryl methyl sites for hydroxylation is 1. The van der Waals surface area contributed by atoms with Crippen molar-refractivity contribution in [2.24, 2.45) is 0 Å². The molecule has 7 heteroatoms. The summed E-state index contributed by atoms with van der Waals surface area (Å²) in [6.45, 7) is 1.73. The molecule has 1 aromatic heterocycles. The quantitative estimate of drug-likeness (QED) is 0.898. The highest BCUT2D eigenvalue weighted by Gasteiger charge is 2.33. The second-order valence-electron chi connectivity index (χ2n) is 4.04. The molecule has 1 heterocycles. The van der Waals surface area contributed by atoms with Crippen LogP contribution in [0.1, 0.15) is 21.7 Å². The highest BCUT2D eigenvalue weighted by Crippen LogP contribution is 2.35. The van der Waals surface area contributed by atoms with Crippen LogP contribution in [0.2, 0.25) is 5.02 Å². The van der Waals surface area contributed by atoms with E-state index in [0.29, 0.717) is 10.8 Å². The number of halogens is 4. The fourth-order valence-electron chi connectivity index (χ4n) is 1.75. The number of nitrogen functional groups attached to an aromatic ring is 1. The van der Waals surface area contributed by atoms with E-state index < -0.39 is 11.7 Å². The van der Waals surface area contributed by atoms with E-state index in [1.54, 1.807) is 6.92 Å². The molecule has 0 atom stereocenters. The lowest BCUT2D eigenvalue weighted by Gasteiger charge is -2.12. The van der Waals surface area contributed by atoms with Gasteiger partial charge < -0.3 is 5.73 Å². The Morgan fingerprint density at radius 3 is 2.58 bits per heavy atom. The maximum absolute atomic E-state index is 12.9. The first-order valence-electron chi connectivity index (χ1n) is 5.35. The van der Waals surface area contributed by atoms with E-state index in [9.17, 15) is 13.2 Å². The second kappa shape index (κ2) is 5.02. The van der Waals surface area contributed by atoms with Gasteiger partial charge in [-0.2, -0.15) is 13.2 Å². The lowest BCUT2D eigenvalue weighted by Crippen LogP contribution is -2.09. The van der Waals surface area contributed by atoms with Gasteiger partial charge in [-0.15, -0.1) is 11.3 Å². The maximum Gasteiger partial charge on any atom is 0.416 e. The van der Waals surface area contributed by atoms with Crippen LogP contribution >= 0.6 is 22.9 Å². The van der Waals surface area contributed by atoms with Crippen LogP contribution in [-0.4, -0.2) is 4.98 Å². The fraction of sp³-hybridized carbons (Fsp3) is 0.250. The largest absolute Gasteiger partial charge is 0.416 e. The summed E-state index contributed by atoms with van der Waals surface area (Å²) in [5.41, 5.74) is 5.66. The molecule has 0 aliphatic heterocycles. The van der Waals surface area contributed by atoms with Gasteiger partial charge >= 0.3 is 6.18 Å². The molecule has 1 aromatic carbocycles. The first kappa shape index (κ1) is 14.1. The smallest absolute Gasteiger partial charge is 0.375 e. The summed E-state index contributed by atoms with van der Waals surface area (Å²) in [4.78, 5) is 4.73. The van der Waals surface area contributed by atoms with Gasteiger partial charge in [0.15, 0.2) is 5.13 Å². The molecule has 0 bridgehead atoms. The minimum atomic E-state index is -4.43. The lowest BCUT2D eigenvalue weighted by atomic mass is 10.0. The third kappa shape index (κ3) is 3.19. The molecule has 0 fully saturated rings. The van der Waals surface area contributed by atoms with E-state index in [-0.39, 0.29) is 17.0 Å². The topological polar surface area (TPSA) is 38.9 Å². The number of thiazole rings is 1. The van der Waals surface area contributed by atoms with E-state index in [2.05, 4.69) is 4.98 Å². The molecule has 0 spiro atoms. The standard InChI is InChI=1S/C12H10ClF3N2S/c1-6-10(19-11(17)18-6)4-7-2-3-8(13)5-9(7)12(14,15)16/h2-3,5H,4H2,1H3,(H2,17,18). The summed E-state index contributed by atoms with van der Waals surface area (Å²) in [5, 5.41) is 0.423. The Labute approximate surface area is 117 Å². The molecule has 19 heavy (non-hydrogen) atoms. The number of hydrogen-bond donors (Lipinski definition) is 1. The zero-order valence-corrected chi connectivity index (χ0v) is 11.5. The van der Waals surface area contributed by atoms with Gasteiger partial charge in [0.05, 0.1) is 11.3 Å². The molecule has 2 rings (SSSR count). The van der Waals surface area contributed by atoms with Gasteiger partial charge in [0.2, 0.25) is 0 Å². The van der Waals surface area contributed by atoms with Crippen molar-refractivity contribution in [2.75, 3.05) is 5.73 Å². The minimum absolute atomic E-state index is 0.0663. The van der Waals surface area contributed by atoms with Gasteiger partial charge in [0, 0.05) is 16.3 Å². The van der Waals surface area contributed by atoms with Crippen molar-refractivity contribution in [3.63, 3.8) is 0 Å². The molecule has 0 saturated heterocycles. The predicted octanol–water partition coefficient (Wildman–Crippen LogP) is 4.30. The van der Waals surface area contributed by atoms with Gasteiger partial charge in [0.25, 0.3) is 0 Å². The third-order valence-corrected chi connectivity index (χ3v) is 3.86. The van der Waals surface area contributed by atoms with E-state index in [0.717, 1.165) is 10.9 Å². The number of rotatable bonds is 2. The van der Waals surface area contributed by atoms with Crippen LogP contribution in [0, 0.1) is 6.92 Å². The maximum atomic E-state index is 12.9. The first-order chi connectivity index (χ1) is 8.77. The summed E-state index contributed by atoms with van der Waals surface area (Å²) < 4.78 is 38.8. The summed E-state index contributed by atoms with van der Waals surface area (Å²) in [6, 6.07) is 3.78. The number of nitrogens with two attached hydrogens (primary N) is 1. The van der Waals surface area contributed by atoms with E-state index in [4.69, 9.17) is 17.3 Å². The molecule has 0 aliphatic rings. The number of benzene rings is 1. The van der Waals surface area contributed by atoms with Gasteiger partial charge in [-0.25, -0.2) is 4.98 Å². The Morgan fingerprint density at radius 1 is 1.37 bits per heavy atom. The molecule has 0 aliphatic carbocycles. The Balaban J connectivity index is 2.43. The van der Waals surface area contributed by atoms with Crippen LogP contribution in [0.25, 0.3) is 0 Å². The zero-order chi connectivity index (χ0) is 14.2. The molecule has 2 N–H and O–H groups in total. The number of anilines is 1. The molecule has 0 unspecified atom stereocenters. The molecular weight excluding hydrogens is 297 g/mol. The van der Waals surface area contributed by atoms with Crippen LogP contribution in [0.15, 0.2) is 18.2 Å². The average molecular weight is 307 g/mol. The minimum Gasteiger partial charge on any atom is -0.375 e. The SMILES string of the molecule is Cc1nc(N)sc1Cc1ccc(Cl)cc1C(F)(F)F. The number of nitrogens with zero attached hydrogens (tertiary/aromatic N) is 1. The van der Waals surface area contributed by atoms with Crippen LogP contribution in [0.3, 0.4) is 0 Å². The van der Waals surface area contributed by atoms with Gasteiger partial charge in [-0.3, -0.25) is 0 Å². The Kier molecular flexibility index (Phi) is 3.73. The molecule has 102 valence electrons. The van der Waals surface area contributed by atoms with Crippen molar-refractivity contribution >= 4 is 28.1 Å². The molecule has 0 radical (unpaired) electrons. The fourth-order valence-corrected chi connectivity index (χ4v) is 2.78. The van der Waals surface area contributed by atoms with Crippen molar-refractivity contribution < 1.29 is 13.2 Å². The Hall–Kier alpha value is -1.27. The number of alkyl halides is 3. The van der Waals surface area contributed by atoms with E-state index >= 15 is 0 Å². The summed E-state index contributed by atoms with van der Waals surface area (Å²) in [7, 11) is 0. The monoisotopic (exact) mass is 306 g/mol. The van der Waals surface area contributed by atoms with Crippen LogP contribution in [0.5, 0.6) is 0 Å². The molecular formula is C12H10ClF3N2S. The Bertz CT molecular complexity index is 608. The lowest BCUT2D eigenvalue weighted by molar-refractivity contribution is -0.138. The molecule has 2 aromatic rings. The van der Waals surface area contributed by atoms with Crippen molar-refractivity contribution in [3.8, 4) is 0 Å². The van der Waals surface area contributed by atoms with Crippen LogP contribution < -0.4 is 5.73 Å². The van der Waals surface area contributed by atoms with E-state index in [1.807, 2.05) is 0 Å². The summed E-state index contributed by atoms with van der Waals surface area (Å²) in [6.07, 6.45) is -4.28. The van der Waals surface area contributed by atoms with Crippen molar-refractivity contribution in [3.05, 3.63) is 44.9 Å². The van der Waals surface area contributed by atoms with Gasteiger partial charge in [0.1, 0.15) is 0 Å². The molecule has 0 saturated carbocycles. The third-order valence-electron chi connectivity index (χ3n) is 2.64. The van der Waals surface area contributed by atoms with Crippen molar-refractivity contribution in [1.29, 1.82) is 0 Å². The highest BCUT2D eigenvalue weighted by molar-refractivity contribution is 7.15. The van der Waals surface area contributed by atoms with Crippen molar-refractivity contribution in [2.45, 2.75) is 19.5 Å². The van der Waals surface area contributed by atoms with Crippen molar-refractivity contribution in [1.82, 2.24) is 4.98 Å². The van der Waals surface area contributed by atoms with Crippen LogP contribution in [0.4, 0.5) is 18.3 Å². The predicted molar refractivity (Wildman–Crippen MR) is 70.5 cm³/mol. The molecule has 2 nitrogen and oxygen atoms in total. The number of aromatic nitrogens is 1. The highest BCUT2D eigenvalue weighted by atomic mass is 35.5. The zero-order valence-electron chi connectivity index (χ0n) is 9.88. The first-order valence-corrected chi connectivity index (χ1v) is 6.54.